The van der Waals surface area contributed by atoms with Gasteiger partial charge in [-0.3, -0.25) is 0 Å². The third kappa shape index (κ3) is 2.37. The summed E-state index contributed by atoms with van der Waals surface area (Å²) in [5, 5.41) is 5.06. The Morgan fingerprint density at radius 1 is 0.826 bits per heavy atom. The first-order valence-electron chi connectivity index (χ1n) is 7.28. The van der Waals surface area contributed by atoms with E-state index in [4.69, 9.17) is 16.7 Å². The Hall–Kier alpha value is -2.72. The van der Waals surface area contributed by atoms with Gasteiger partial charge in [0, 0.05) is 11.1 Å². The Morgan fingerprint density at radius 2 is 1.43 bits per heavy atom. The summed E-state index contributed by atoms with van der Waals surface area (Å²) in [6.45, 7) is 1.95. The summed E-state index contributed by atoms with van der Waals surface area (Å²) in [4.78, 5) is 8.90. The number of aromatic nitrogens is 4. The van der Waals surface area contributed by atoms with Gasteiger partial charge in [-0.2, -0.15) is 14.6 Å². The molecule has 112 valence electrons. The van der Waals surface area contributed by atoms with Gasteiger partial charge in [0.2, 0.25) is 0 Å². The number of hydrogen-bond donors (Lipinski definition) is 0. The van der Waals surface area contributed by atoms with Crippen LogP contribution < -0.4 is 0 Å². The van der Waals surface area contributed by atoms with E-state index >= 15 is 0 Å². The summed E-state index contributed by atoms with van der Waals surface area (Å²) in [5.74, 6) is 0.506. The Balaban J connectivity index is 2.01. The van der Waals surface area contributed by atoms with Crippen LogP contribution in [0.25, 0.3) is 28.3 Å². The minimum Gasteiger partial charge on any atom is -0.214 e. The Labute approximate surface area is 138 Å². The zero-order valence-electron chi connectivity index (χ0n) is 12.4. The van der Waals surface area contributed by atoms with Crippen LogP contribution in [0.5, 0.6) is 0 Å². The first kappa shape index (κ1) is 13.9. The second-order valence-electron chi connectivity index (χ2n) is 5.24. The first-order chi connectivity index (χ1) is 11.2. The molecule has 2 aromatic carbocycles. The van der Waals surface area contributed by atoms with Crippen molar-refractivity contribution in [2.24, 2.45) is 0 Å². The molecule has 2 aromatic heterocycles. The molecule has 0 unspecified atom stereocenters. The number of fused-ring (bicyclic) bond motifs is 1. The van der Waals surface area contributed by atoms with E-state index in [0.29, 0.717) is 16.6 Å². The Kier molecular flexibility index (Phi) is 3.32. The lowest BCUT2D eigenvalue weighted by Crippen LogP contribution is -2.00. The smallest absolute Gasteiger partial charge is 0.214 e. The predicted octanol–water partition coefficient (Wildman–Crippen LogP) is 4.42. The molecule has 4 nitrogen and oxygen atoms in total. The molecule has 0 spiro atoms. The van der Waals surface area contributed by atoms with Crippen molar-refractivity contribution in [2.75, 3.05) is 0 Å². The van der Waals surface area contributed by atoms with E-state index < -0.39 is 0 Å². The van der Waals surface area contributed by atoms with Crippen LogP contribution in [0.2, 0.25) is 5.15 Å². The zero-order chi connectivity index (χ0) is 15.8. The fraction of sp³-hybridized carbons (Fsp3) is 0.0556. The molecule has 0 atom stereocenters. The molecule has 4 aromatic rings. The molecule has 0 aliphatic heterocycles. The Bertz CT molecular complexity index is 978. The molecule has 0 bridgehead atoms. The lowest BCUT2D eigenvalue weighted by atomic mass is 10.1. The van der Waals surface area contributed by atoms with Gasteiger partial charge in [-0.1, -0.05) is 72.3 Å². The van der Waals surface area contributed by atoms with Crippen molar-refractivity contribution in [1.82, 2.24) is 19.6 Å². The molecule has 0 aliphatic carbocycles. The van der Waals surface area contributed by atoms with Crippen molar-refractivity contribution in [3.8, 4) is 22.5 Å². The molecule has 0 fully saturated rings. The number of rotatable bonds is 2. The van der Waals surface area contributed by atoms with Crippen LogP contribution >= 0.6 is 11.6 Å². The highest BCUT2D eigenvalue weighted by molar-refractivity contribution is 6.31. The van der Waals surface area contributed by atoms with Crippen LogP contribution in [-0.4, -0.2) is 19.6 Å². The third-order valence-electron chi connectivity index (χ3n) is 3.70. The van der Waals surface area contributed by atoms with Crippen LogP contribution in [0, 0.1) is 6.92 Å². The van der Waals surface area contributed by atoms with Crippen LogP contribution in [0.15, 0.2) is 60.7 Å². The summed E-state index contributed by atoms with van der Waals surface area (Å²) < 4.78 is 1.76. The molecular formula is C18H13ClN4. The van der Waals surface area contributed by atoms with Crippen molar-refractivity contribution >= 4 is 17.4 Å². The van der Waals surface area contributed by atoms with Crippen LogP contribution in [-0.2, 0) is 0 Å². The number of imidazole rings is 1. The van der Waals surface area contributed by atoms with E-state index in [1.807, 2.05) is 67.6 Å². The molecule has 4 rings (SSSR count). The van der Waals surface area contributed by atoms with Gasteiger partial charge in [0.15, 0.2) is 5.15 Å². The molecule has 5 heteroatoms. The van der Waals surface area contributed by atoms with Gasteiger partial charge in [-0.05, 0) is 6.92 Å². The lowest BCUT2D eigenvalue weighted by molar-refractivity contribution is 0.915. The fourth-order valence-corrected chi connectivity index (χ4v) is 2.88. The van der Waals surface area contributed by atoms with Crippen molar-refractivity contribution in [3.05, 3.63) is 71.5 Å². The highest BCUT2D eigenvalue weighted by Gasteiger charge is 2.16. The normalized spacial score (nSPS) is 11.0. The topological polar surface area (TPSA) is 43.1 Å². The van der Waals surface area contributed by atoms with Gasteiger partial charge in [0.25, 0.3) is 5.78 Å². The fourth-order valence-electron chi connectivity index (χ4n) is 2.65. The Morgan fingerprint density at radius 3 is 2.09 bits per heavy atom. The average Bonchev–Trinajstić information content (AvgIpc) is 2.90. The van der Waals surface area contributed by atoms with E-state index in [2.05, 4.69) is 9.97 Å². The van der Waals surface area contributed by atoms with Gasteiger partial charge in [0.05, 0.1) is 11.4 Å². The van der Waals surface area contributed by atoms with Crippen molar-refractivity contribution in [1.29, 1.82) is 0 Å². The molecule has 23 heavy (non-hydrogen) atoms. The van der Waals surface area contributed by atoms with E-state index in [-0.39, 0.29) is 0 Å². The second-order valence-corrected chi connectivity index (χ2v) is 5.60. The molecule has 0 amide bonds. The highest BCUT2D eigenvalue weighted by atomic mass is 35.5. The first-order valence-corrected chi connectivity index (χ1v) is 7.65. The van der Waals surface area contributed by atoms with Gasteiger partial charge < -0.3 is 0 Å². The maximum Gasteiger partial charge on any atom is 0.252 e. The summed E-state index contributed by atoms with van der Waals surface area (Å²) in [5.41, 5.74) is 4.43. The number of nitrogens with zero attached hydrogens (tertiary/aromatic N) is 4. The lowest BCUT2D eigenvalue weighted by Gasteiger charge is -2.06. The minimum atomic E-state index is 0.355. The van der Waals surface area contributed by atoms with Crippen molar-refractivity contribution in [2.45, 2.75) is 6.92 Å². The van der Waals surface area contributed by atoms with Crippen molar-refractivity contribution in [3.63, 3.8) is 0 Å². The van der Waals surface area contributed by atoms with Crippen LogP contribution in [0.3, 0.4) is 0 Å². The zero-order valence-corrected chi connectivity index (χ0v) is 13.2. The molecule has 0 aliphatic rings. The van der Waals surface area contributed by atoms with E-state index in [1.54, 1.807) is 4.52 Å². The summed E-state index contributed by atoms with van der Waals surface area (Å²) in [7, 11) is 0. The van der Waals surface area contributed by atoms with Crippen LogP contribution in [0.1, 0.15) is 5.69 Å². The molecule has 0 saturated carbocycles. The molecule has 0 saturated heterocycles. The van der Waals surface area contributed by atoms with E-state index in [0.717, 1.165) is 22.5 Å². The predicted molar refractivity (Wildman–Crippen MR) is 91.4 cm³/mol. The standard InChI is InChI=1S/C18H13ClN4/c1-12-16(14-10-6-3-7-11-14)23-18(20-12)21-17(19)15(22-23)13-8-4-2-5-9-13/h2-11H,1H3. The summed E-state index contributed by atoms with van der Waals surface area (Å²) in [6.07, 6.45) is 0. The molecule has 2 heterocycles. The quantitative estimate of drug-likeness (QED) is 0.549. The number of benzene rings is 2. The molecule has 0 N–H and O–H groups in total. The maximum atomic E-state index is 6.32. The third-order valence-corrected chi connectivity index (χ3v) is 3.96. The molecule has 0 radical (unpaired) electrons. The van der Waals surface area contributed by atoms with E-state index in [1.165, 1.54) is 0 Å². The summed E-state index contributed by atoms with van der Waals surface area (Å²) >= 11 is 6.32. The second kappa shape index (κ2) is 5.48. The number of hydrogen-bond acceptors (Lipinski definition) is 3. The number of halogens is 1. The van der Waals surface area contributed by atoms with Gasteiger partial charge in [-0.15, -0.1) is 0 Å². The van der Waals surface area contributed by atoms with Gasteiger partial charge in [0.1, 0.15) is 5.69 Å². The van der Waals surface area contributed by atoms with Crippen LogP contribution in [0.4, 0.5) is 0 Å². The van der Waals surface area contributed by atoms with Gasteiger partial charge in [-0.25, -0.2) is 4.98 Å². The maximum absolute atomic E-state index is 6.32. The number of aryl methyl sites for hydroxylation is 1. The van der Waals surface area contributed by atoms with Gasteiger partial charge >= 0.3 is 0 Å². The SMILES string of the molecule is Cc1nc2nc(Cl)c(-c3ccccc3)nn2c1-c1ccccc1. The molecular weight excluding hydrogens is 308 g/mol. The summed E-state index contributed by atoms with van der Waals surface area (Å²) in [6, 6.07) is 19.8. The average molecular weight is 321 g/mol. The van der Waals surface area contributed by atoms with E-state index in [9.17, 15) is 0 Å². The highest BCUT2D eigenvalue weighted by Crippen LogP contribution is 2.28. The minimum absolute atomic E-state index is 0.355. The largest absolute Gasteiger partial charge is 0.252 e. The van der Waals surface area contributed by atoms with Crippen molar-refractivity contribution < 1.29 is 0 Å². The monoisotopic (exact) mass is 320 g/mol.